The van der Waals surface area contributed by atoms with Crippen LogP contribution in [0.2, 0.25) is 0 Å². The van der Waals surface area contributed by atoms with E-state index in [9.17, 15) is 5.11 Å². The van der Waals surface area contributed by atoms with E-state index >= 15 is 0 Å². The zero-order valence-electron chi connectivity index (χ0n) is 16.0. The predicted octanol–water partition coefficient (Wildman–Crippen LogP) is 6.29. The molecule has 0 aromatic heterocycles. The molecule has 128 valence electrons. The lowest BCUT2D eigenvalue weighted by Crippen LogP contribution is -2.19. The van der Waals surface area contributed by atoms with Crippen LogP contribution in [0, 0.1) is 5.41 Å². The van der Waals surface area contributed by atoms with Crippen LogP contribution in [-0.4, -0.2) is 10.7 Å². The molecule has 0 aliphatic heterocycles. The second kappa shape index (κ2) is 7.97. The molecule has 0 aromatic rings. The minimum absolute atomic E-state index is 0.293. The number of rotatable bonds is 5. The summed E-state index contributed by atoms with van der Waals surface area (Å²) in [7, 11) is 0. The topological polar surface area (TPSA) is 20.2 Å². The third kappa shape index (κ3) is 7.18. The lowest BCUT2D eigenvalue weighted by molar-refractivity contribution is 0.132. The number of allylic oxidation sites excluding steroid dienone is 9. The predicted molar refractivity (Wildman–Crippen MR) is 102 cm³/mol. The van der Waals surface area contributed by atoms with Crippen molar-refractivity contribution in [2.45, 2.75) is 73.3 Å². The van der Waals surface area contributed by atoms with Crippen molar-refractivity contribution in [3.8, 4) is 0 Å². The summed E-state index contributed by atoms with van der Waals surface area (Å²) in [5, 5.41) is 9.76. The first kappa shape index (κ1) is 19.7. The molecule has 0 amide bonds. The Balaban J connectivity index is 2.79. The van der Waals surface area contributed by atoms with Crippen LogP contribution in [-0.2, 0) is 0 Å². The van der Waals surface area contributed by atoms with Gasteiger partial charge in [0.05, 0.1) is 5.60 Å². The largest absolute Gasteiger partial charge is 0.386 e. The zero-order valence-corrected chi connectivity index (χ0v) is 16.0. The molecule has 0 aromatic carbocycles. The molecule has 1 rings (SSSR count). The molecular weight excluding hydrogens is 280 g/mol. The molecule has 1 heteroatoms. The van der Waals surface area contributed by atoms with Gasteiger partial charge in [0.2, 0.25) is 0 Å². The van der Waals surface area contributed by atoms with Crippen molar-refractivity contribution < 1.29 is 5.11 Å². The fourth-order valence-corrected chi connectivity index (χ4v) is 3.24. The van der Waals surface area contributed by atoms with E-state index < -0.39 is 5.60 Å². The van der Waals surface area contributed by atoms with Crippen LogP contribution in [0.4, 0.5) is 0 Å². The monoisotopic (exact) mass is 314 g/mol. The summed E-state index contributed by atoms with van der Waals surface area (Å²) < 4.78 is 0. The Labute approximate surface area is 143 Å². The van der Waals surface area contributed by atoms with E-state index in [1.54, 1.807) is 13.8 Å². The van der Waals surface area contributed by atoms with Crippen LogP contribution >= 0.6 is 0 Å². The Kier molecular flexibility index (Phi) is 6.83. The highest BCUT2D eigenvalue weighted by atomic mass is 16.3. The lowest BCUT2D eigenvalue weighted by Gasteiger charge is -2.32. The summed E-state index contributed by atoms with van der Waals surface area (Å²) in [5.41, 5.74) is 4.87. The third-order valence-electron chi connectivity index (χ3n) is 4.35. The summed E-state index contributed by atoms with van der Waals surface area (Å²) in [4.78, 5) is 0. The molecule has 0 spiro atoms. The molecule has 0 fully saturated rings. The van der Waals surface area contributed by atoms with Gasteiger partial charge in [-0.15, -0.1) is 0 Å². The highest BCUT2D eigenvalue weighted by molar-refractivity contribution is 5.37. The van der Waals surface area contributed by atoms with Crippen molar-refractivity contribution in [2.75, 3.05) is 0 Å². The summed E-state index contributed by atoms with van der Waals surface area (Å²) in [6.07, 6.45) is 16.4. The van der Waals surface area contributed by atoms with Crippen LogP contribution in [0.1, 0.15) is 67.7 Å². The fourth-order valence-electron chi connectivity index (χ4n) is 3.24. The minimum Gasteiger partial charge on any atom is -0.386 e. The minimum atomic E-state index is -0.760. The standard InChI is InChI=1S/C22H34O/c1-17(10-8-11-18(2)16-22(6,7)23)13-14-20-19(3)12-9-15-21(20,4)5/h8,10-11,13-14,16,23H,9,12,15H2,1-7H3/b11-8+,14-13+,17-10+,18-16+. The first-order chi connectivity index (χ1) is 10.5. The van der Waals surface area contributed by atoms with Crippen LogP contribution in [0.3, 0.4) is 0 Å². The molecule has 1 aliphatic rings. The maximum absolute atomic E-state index is 9.76. The number of aliphatic hydroxyl groups is 1. The highest BCUT2D eigenvalue weighted by Crippen LogP contribution is 2.40. The van der Waals surface area contributed by atoms with Gasteiger partial charge in [0.1, 0.15) is 0 Å². The molecule has 0 saturated heterocycles. The van der Waals surface area contributed by atoms with Gasteiger partial charge >= 0.3 is 0 Å². The van der Waals surface area contributed by atoms with Gasteiger partial charge in [0, 0.05) is 0 Å². The second-order valence-electron chi connectivity index (χ2n) is 8.08. The summed E-state index contributed by atoms with van der Waals surface area (Å²) in [5.74, 6) is 0. The van der Waals surface area contributed by atoms with Gasteiger partial charge in [0.15, 0.2) is 0 Å². The Hall–Kier alpha value is -1.34. The lowest BCUT2D eigenvalue weighted by atomic mass is 9.72. The molecule has 0 heterocycles. The average Bonchev–Trinajstić information content (AvgIpc) is 2.35. The van der Waals surface area contributed by atoms with Gasteiger partial charge < -0.3 is 5.11 Å². The van der Waals surface area contributed by atoms with Gasteiger partial charge in [-0.3, -0.25) is 0 Å². The molecule has 23 heavy (non-hydrogen) atoms. The van der Waals surface area contributed by atoms with E-state index in [4.69, 9.17) is 0 Å². The van der Waals surface area contributed by atoms with Gasteiger partial charge in [-0.05, 0) is 64.9 Å². The van der Waals surface area contributed by atoms with E-state index in [1.807, 2.05) is 25.2 Å². The van der Waals surface area contributed by atoms with Crippen molar-refractivity contribution >= 4 is 0 Å². The molecule has 0 radical (unpaired) electrons. The molecule has 0 bridgehead atoms. The molecule has 1 nitrogen and oxygen atoms in total. The van der Waals surface area contributed by atoms with Gasteiger partial charge in [0.25, 0.3) is 0 Å². The van der Waals surface area contributed by atoms with E-state index in [0.717, 1.165) is 5.57 Å². The molecule has 0 unspecified atom stereocenters. The molecule has 1 N–H and O–H groups in total. The Morgan fingerprint density at radius 2 is 1.78 bits per heavy atom. The number of hydrogen-bond acceptors (Lipinski definition) is 1. The van der Waals surface area contributed by atoms with Crippen LogP contribution in [0.15, 0.2) is 58.7 Å². The fraction of sp³-hybridized carbons (Fsp3) is 0.545. The maximum Gasteiger partial charge on any atom is 0.0777 e. The summed E-state index contributed by atoms with van der Waals surface area (Å²) in [6.45, 7) is 14.7. The quantitative estimate of drug-likeness (QED) is 0.591. The second-order valence-corrected chi connectivity index (χ2v) is 8.08. The van der Waals surface area contributed by atoms with Crippen LogP contribution in [0.25, 0.3) is 0 Å². The van der Waals surface area contributed by atoms with Crippen LogP contribution < -0.4 is 0 Å². The van der Waals surface area contributed by atoms with Gasteiger partial charge in [-0.25, -0.2) is 0 Å². The first-order valence-electron chi connectivity index (χ1n) is 8.66. The van der Waals surface area contributed by atoms with Gasteiger partial charge in [-0.2, -0.15) is 0 Å². The number of hydrogen-bond donors (Lipinski definition) is 1. The smallest absolute Gasteiger partial charge is 0.0777 e. The Bertz CT molecular complexity index is 557. The zero-order chi connectivity index (χ0) is 17.7. The van der Waals surface area contributed by atoms with Crippen molar-refractivity contribution in [1.82, 2.24) is 0 Å². The summed E-state index contributed by atoms with van der Waals surface area (Å²) in [6, 6.07) is 0. The van der Waals surface area contributed by atoms with Crippen molar-refractivity contribution in [1.29, 1.82) is 0 Å². The van der Waals surface area contributed by atoms with Gasteiger partial charge in [-0.1, -0.05) is 67.0 Å². The highest BCUT2D eigenvalue weighted by Gasteiger charge is 2.26. The molecule has 0 saturated carbocycles. The van der Waals surface area contributed by atoms with E-state index in [1.165, 1.54) is 36.0 Å². The van der Waals surface area contributed by atoms with Crippen molar-refractivity contribution in [3.05, 3.63) is 58.7 Å². The van der Waals surface area contributed by atoms with E-state index in [-0.39, 0.29) is 0 Å². The third-order valence-corrected chi connectivity index (χ3v) is 4.35. The first-order valence-corrected chi connectivity index (χ1v) is 8.66. The maximum atomic E-state index is 9.76. The summed E-state index contributed by atoms with van der Waals surface area (Å²) >= 11 is 0. The Morgan fingerprint density at radius 1 is 1.13 bits per heavy atom. The normalized spacial score (nSPS) is 20.9. The Morgan fingerprint density at radius 3 is 2.35 bits per heavy atom. The van der Waals surface area contributed by atoms with Crippen LogP contribution in [0.5, 0.6) is 0 Å². The SMILES string of the molecule is CC1=C(/C=C/C(C)=C/C=C/C(C)=C/C(C)(C)O)C(C)(C)CCC1. The van der Waals surface area contributed by atoms with Crippen molar-refractivity contribution in [2.24, 2.45) is 5.41 Å². The van der Waals surface area contributed by atoms with E-state index in [2.05, 4.69) is 45.9 Å². The van der Waals surface area contributed by atoms with E-state index in [0.29, 0.717) is 5.41 Å². The van der Waals surface area contributed by atoms with Crippen molar-refractivity contribution in [3.63, 3.8) is 0 Å². The average molecular weight is 315 g/mol. The molecule has 1 aliphatic carbocycles. The molecular formula is C22H34O. The molecule has 0 atom stereocenters.